The Morgan fingerprint density at radius 1 is 1.07 bits per heavy atom. The molecule has 1 heterocycles. The van der Waals surface area contributed by atoms with Crippen LogP contribution in [0.4, 0.5) is 0 Å². The van der Waals surface area contributed by atoms with Gasteiger partial charge in [-0.3, -0.25) is 9.59 Å². The second-order valence-electron chi connectivity index (χ2n) is 6.76. The number of halogens is 1. The van der Waals surface area contributed by atoms with E-state index in [2.05, 4.69) is 0 Å². The fourth-order valence-electron chi connectivity index (χ4n) is 3.30. The van der Waals surface area contributed by atoms with Crippen molar-refractivity contribution in [3.63, 3.8) is 0 Å². The molecule has 27 heavy (non-hydrogen) atoms. The zero-order valence-electron chi connectivity index (χ0n) is 15.4. The number of aliphatic hydroxyl groups excluding tert-OH is 1. The second-order valence-corrected chi connectivity index (χ2v) is 7.20. The van der Waals surface area contributed by atoms with Crippen molar-refractivity contribution in [1.82, 2.24) is 4.90 Å². The molecule has 140 valence electrons. The highest BCUT2D eigenvalue weighted by Gasteiger charge is 2.45. The number of likely N-dealkylation sites (tertiary alicyclic amines) is 1. The number of carbonyl (C=O) groups excluding carboxylic acids is 2. The number of rotatable bonds is 5. The van der Waals surface area contributed by atoms with Gasteiger partial charge in [0.1, 0.15) is 5.76 Å². The van der Waals surface area contributed by atoms with E-state index in [1.54, 1.807) is 41.3 Å². The van der Waals surface area contributed by atoms with Crippen molar-refractivity contribution >= 4 is 29.1 Å². The number of ketones is 1. The molecule has 4 nitrogen and oxygen atoms in total. The highest BCUT2D eigenvalue weighted by Crippen LogP contribution is 2.39. The first-order valence-corrected chi connectivity index (χ1v) is 9.42. The lowest BCUT2D eigenvalue weighted by Gasteiger charge is -2.25. The van der Waals surface area contributed by atoms with Crippen molar-refractivity contribution in [3.05, 3.63) is 75.8 Å². The smallest absolute Gasteiger partial charge is 0.295 e. The van der Waals surface area contributed by atoms with Crippen LogP contribution in [-0.4, -0.2) is 28.2 Å². The quantitative estimate of drug-likeness (QED) is 0.455. The molecule has 0 radical (unpaired) electrons. The molecule has 2 aromatic rings. The number of hydrogen-bond donors (Lipinski definition) is 1. The van der Waals surface area contributed by atoms with Gasteiger partial charge in [0.05, 0.1) is 11.6 Å². The summed E-state index contributed by atoms with van der Waals surface area (Å²) in [5.74, 6) is -1.37. The topological polar surface area (TPSA) is 57.6 Å². The largest absolute Gasteiger partial charge is 0.507 e. The van der Waals surface area contributed by atoms with Crippen molar-refractivity contribution in [1.29, 1.82) is 0 Å². The fraction of sp³-hybridized carbons (Fsp3) is 0.273. The van der Waals surface area contributed by atoms with Crippen molar-refractivity contribution in [2.75, 3.05) is 6.54 Å². The molecule has 1 saturated heterocycles. The van der Waals surface area contributed by atoms with E-state index < -0.39 is 17.7 Å². The predicted octanol–water partition coefficient (Wildman–Crippen LogP) is 4.87. The second kappa shape index (κ2) is 7.97. The Kier molecular flexibility index (Phi) is 5.66. The third kappa shape index (κ3) is 3.76. The molecule has 2 aromatic carbocycles. The molecule has 0 unspecified atom stereocenters. The van der Waals surface area contributed by atoms with Crippen LogP contribution in [0.15, 0.2) is 54.1 Å². The summed E-state index contributed by atoms with van der Waals surface area (Å²) in [5.41, 5.74) is 2.45. The van der Waals surface area contributed by atoms with E-state index in [-0.39, 0.29) is 11.3 Å². The van der Waals surface area contributed by atoms with E-state index in [0.717, 1.165) is 24.0 Å². The van der Waals surface area contributed by atoms with E-state index in [0.29, 0.717) is 17.1 Å². The minimum atomic E-state index is -0.649. The van der Waals surface area contributed by atoms with Gasteiger partial charge in [0.2, 0.25) is 0 Å². The van der Waals surface area contributed by atoms with Crippen LogP contribution in [0.2, 0.25) is 5.02 Å². The summed E-state index contributed by atoms with van der Waals surface area (Å²) in [6.45, 7) is 4.43. The van der Waals surface area contributed by atoms with Gasteiger partial charge in [0.15, 0.2) is 0 Å². The molecule has 0 bridgehead atoms. The zero-order chi connectivity index (χ0) is 19.6. The van der Waals surface area contributed by atoms with Crippen LogP contribution in [0.5, 0.6) is 0 Å². The van der Waals surface area contributed by atoms with Crippen LogP contribution in [0.1, 0.15) is 42.5 Å². The molecule has 1 amide bonds. The normalized spacial score (nSPS) is 18.9. The number of unbranched alkanes of at least 4 members (excludes halogenated alkanes) is 1. The number of aliphatic hydroxyl groups is 1. The van der Waals surface area contributed by atoms with Crippen molar-refractivity contribution in [2.24, 2.45) is 0 Å². The van der Waals surface area contributed by atoms with Gasteiger partial charge in [-0.2, -0.15) is 0 Å². The van der Waals surface area contributed by atoms with Gasteiger partial charge in [-0.15, -0.1) is 0 Å². The Bertz CT molecular complexity index is 885. The van der Waals surface area contributed by atoms with Crippen molar-refractivity contribution in [2.45, 2.75) is 32.7 Å². The van der Waals surface area contributed by atoms with Gasteiger partial charge >= 0.3 is 0 Å². The maximum absolute atomic E-state index is 12.8. The van der Waals surface area contributed by atoms with Gasteiger partial charge in [-0.05, 0) is 31.0 Å². The number of benzene rings is 2. The summed E-state index contributed by atoms with van der Waals surface area (Å²) in [7, 11) is 0. The first-order chi connectivity index (χ1) is 12.9. The third-order valence-corrected chi connectivity index (χ3v) is 5.06. The summed E-state index contributed by atoms with van der Waals surface area (Å²) in [5, 5.41) is 11.5. The molecule has 1 N–H and O–H groups in total. The van der Waals surface area contributed by atoms with E-state index >= 15 is 0 Å². The Labute approximate surface area is 164 Å². The monoisotopic (exact) mass is 383 g/mol. The minimum absolute atomic E-state index is 0.127. The molecule has 3 rings (SSSR count). The van der Waals surface area contributed by atoms with E-state index in [4.69, 9.17) is 11.6 Å². The summed E-state index contributed by atoms with van der Waals surface area (Å²) in [6.07, 6.45) is 1.68. The van der Waals surface area contributed by atoms with Crippen LogP contribution in [0, 0.1) is 6.92 Å². The molecule has 0 saturated carbocycles. The molecule has 0 aliphatic carbocycles. The molecule has 5 heteroatoms. The molecular formula is C22H22ClNO3. The Balaban J connectivity index is 2.14. The molecule has 0 spiro atoms. The predicted molar refractivity (Wildman–Crippen MR) is 107 cm³/mol. The average molecular weight is 384 g/mol. The zero-order valence-corrected chi connectivity index (χ0v) is 16.2. The number of nitrogens with zero attached hydrogens (tertiary/aromatic N) is 1. The van der Waals surface area contributed by atoms with Gasteiger partial charge < -0.3 is 10.0 Å². The maximum Gasteiger partial charge on any atom is 0.295 e. The number of hydrogen-bond acceptors (Lipinski definition) is 3. The van der Waals surface area contributed by atoms with Gasteiger partial charge in [-0.1, -0.05) is 66.9 Å². The summed E-state index contributed by atoms with van der Waals surface area (Å²) in [6, 6.07) is 13.6. The molecule has 1 fully saturated rings. The molecule has 0 aromatic heterocycles. The number of aryl methyl sites for hydroxylation is 1. The van der Waals surface area contributed by atoms with Crippen LogP contribution >= 0.6 is 11.6 Å². The van der Waals surface area contributed by atoms with E-state index in [1.807, 2.05) is 26.0 Å². The maximum atomic E-state index is 12.8. The Morgan fingerprint density at radius 2 is 1.70 bits per heavy atom. The van der Waals surface area contributed by atoms with E-state index in [9.17, 15) is 14.7 Å². The van der Waals surface area contributed by atoms with Gasteiger partial charge in [-0.25, -0.2) is 0 Å². The lowest BCUT2D eigenvalue weighted by molar-refractivity contribution is -0.139. The van der Waals surface area contributed by atoms with Crippen molar-refractivity contribution < 1.29 is 14.7 Å². The first kappa shape index (κ1) is 19.2. The molecular weight excluding hydrogens is 362 g/mol. The summed E-state index contributed by atoms with van der Waals surface area (Å²) < 4.78 is 0. The highest BCUT2D eigenvalue weighted by atomic mass is 35.5. The van der Waals surface area contributed by atoms with Gasteiger partial charge in [0.25, 0.3) is 11.7 Å². The third-order valence-electron chi connectivity index (χ3n) is 4.80. The number of carbonyl (C=O) groups is 2. The average Bonchev–Trinajstić information content (AvgIpc) is 2.91. The van der Waals surface area contributed by atoms with Crippen LogP contribution < -0.4 is 0 Å². The lowest BCUT2D eigenvalue weighted by atomic mass is 9.95. The Hall–Kier alpha value is -2.59. The number of amides is 1. The van der Waals surface area contributed by atoms with Crippen molar-refractivity contribution in [3.8, 4) is 0 Å². The Morgan fingerprint density at radius 3 is 2.30 bits per heavy atom. The summed E-state index contributed by atoms with van der Waals surface area (Å²) in [4.78, 5) is 27.0. The molecule has 1 aliphatic heterocycles. The molecule has 1 atom stereocenters. The SMILES string of the molecule is CCCCN1C(=O)C(=O)/C(=C(/O)c2ccc(C)cc2)[C@H]1c1ccc(Cl)cc1. The van der Waals surface area contributed by atoms with Crippen LogP contribution in [0.3, 0.4) is 0 Å². The first-order valence-electron chi connectivity index (χ1n) is 9.05. The number of Topliss-reactive ketones (excluding diaryl/α,β-unsaturated/α-hetero) is 1. The fourth-order valence-corrected chi connectivity index (χ4v) is 3.42. The van der Waals surface area contributed by atoms with Crippen LogP contribution in [-0.2, 0) is 9.59 Å². The standard InChI is InChI=1S/C22H22ClNO3/c1-3-4-13-24-19(15-9-11-17(23)12-10-15)18(21(26)22(24)27)20(25)16-7-5-14(2)6-8-16/h5-12,19,25H,3-4,13H2,1-2H3/b20-18+/t19-/m1/s1. The summed E-state index contributed by atoms with van der Waals surface area (Å²) >= 11 is 6.00. The minimum Gasteiger partial charge on any atom is -0.507 e. The van der Waals surface area contributed by atoms with E-state index in [1.165, 1.54) is 0 Å². The molecule has 1 aliphatic rings. The van der Waals surface area contributed by atoms with Crippen LogP contribution in [0.25, 0.3) is 5.76 Å². The lowest BCUT2D eigenvalue weighted by Crippen LogP contribution is -2.30. The highest BCUT2D eigenvalue weighted by molar-refractivity contribution is 6.46. The van der Waals surface area contributed by atoms with Gasteiger partial charge in [0, 0.05) is 17.1 Å².